The Kier molecular flexibility index (Phi) is 3.60. The molecule has 0 spiro atoms. The molecule has 0 saturated carbocycles. The van der Waals surface area contributed by atoms with Crippen molar-refractivity contribution < 1.29 is 4.79 Å². The van der Waals surface area contributed by atoms with E-state index < -0.39 is 0 Å². The van der Waals surface area contributed by atoms with E-state index in [1.807, 2.05) is 13.8 Å². The minimum absolute atomic E-state index is 0.140. The molecule has 0 fully saturated rings. The Morgan fingerprint density at radius 3 is 2.40 bits per heavy atom. The molecule has 1 rings (SSSR count). The molecule has 0 saturated heterocycles. The first-order valence-electron chi connectivity index (χ1n) is 4.82. The first kappa shape index (κ1) is 11.4. The summed E-state index contributed by atoms with van der Waals surface area (Å²) in [7, 11) is 3.37. The highest BCUT2D eigenvalue weighted by Crippen LogP contribution is 2.04. The van der Waals surface area contributed by atoms with Crippen LogP contribution in [0.4, 0.5) is 5.82 Å². The van der Waals surface area contributed by atoms with Crippen LogP contribution in [0.1, 0.15) is 24.3 Å². The third kappa shape index (κ3) is 3.19. The molecule has 5 nitrogen and oxygen atoms in total. The van der Waals surface area contributed by atoms with Gasteiger partial charge in [-0.1, -0.05) is 0 Å². The standard InChI is InChI=1S/C10H16N4O/c1-7(2)11-9-6-5-8(12-13-9)10(15)14(3)4/h5-7H,1-4H3,(H,11,13). The van der Waals surface area contributed by atoms with Gasteiger partial charge in [-0.05, 0) is 26.0 Å². The van der Waals surface area contributed by atoms with Crippen molar-refractivity contribution in [2.75, 3.05) is 19.4 Å². The first-order valence-corrected chi connectivity index (χ1v) is 4.82. The summed E-state index contributed by atoms with van der Waals surface area (Å²) in [6.07, 6.45) is 0. The molecule has 5 heteroatoms. The van der Waals surface area contributed by atoms with Gasteiger partial charge in [-0.2, -0.15) is 0 Å². The summed E-state index contributed by atoms with van der Waals surface area (Å²) in [6, 6.07) is 3.72. The van der Waals surface area contributed by atoms with E-state index in [-0.39, 0.29) is 5.91 Å². The molecule has 1 aromatic rings. The van der Waals surface area contributed by atoms with Gasteiger partial charge in [0.25, 0.3) is 5.91 Å². The predicted molar refractivity (Wildman–Crippen MR) is 58.8 cm³/mol. The van der Waals surface area contributed by atoms with Crippen LogP contribution in [-0.2, 0) is 0 Å². The van der Waals surface area contributed by atoms with Crippen LogP contribution in [0.15, 0.2) is 12.1 Å². The van der Waals surface area contributed by atoms with Crippen molar-refractivity contribution in [2.45, 2.75) is 19.9 Å². The second kappa shape index (κ2) is 4.72. The average Bonchev–Trinajstić information content (AvgIpc) is 2.17. The fraction of sp³-hybridized carbons (Fsp3) is 0.500. The minimum atomic E-state index is -0.140. The Bertz CT molecular complexity index is 332. The molecule has 1 N–H and O–H groups in total. The number of aromatic nitrogens is 2. The largest absolute Gasteiger partial charge is 0.366 e. The number of carbonyl (C=O) groups excluding carboxylic acids is 1. The Labute approximate surface area is 89.5 Å². The molecular weight excluding hydrogens is 192 g/mol. The van der Waals surface area contributed by atoms with E-state index >= 15 is 0 Å². The maximum Gasteiger partial charge on any atom is 0.273 e. The lowest BCUT2D eigenvalue weighted by Gasteiger charge is -2.10. The fourth-order valence-electron chi connectivity index (χ4n) is 1.05. The Balaban J connectivity index is 2.76. The number of hydrogen-bond donors (Lipinski definition) is 1. The van der Waals surface area contributed by atoms with Crippen LogP contribution >= 0.6 is 0 Å². The summed E-state index contributed by atoms with van der Waals surface area (Å²) in [4.78, 5) is 13.0. The second-order valence-corrected chi connectivity index (χ2v) is 3.80. The SMILES string of the molecule is CC(C)Nc1ccc(C(=O)N(C)C)nn1. The van der Waals surface area contributed by atoms with E-state index in [9.17, 15) is 4.79 Å². The Morgan fingerprint density at radius 2 is 2.00 bits per heavy atom. The van der Waals surface area contributed by atoms with Crippen molar-refractivity contribution in [3.63, 3.8) is 0 Å². The molecule has 1 amide bonds. The molecule has 0 unspecified atom stereocenters. The van der Waals surface area contributed by atoms with E-state index in [2.05, 4.69) is 15.5 Å². The molecule has 82 valence electrons. The summed E-state index contributed by atoms with van der Waals surface area (Å²) < 4.78 is 0. The van der Waals surface area contributed by atoms with E-state index in [0.29, 0.717) is 17.6 Å². The van der Waals surface area contributed by atoms with Crippen LogP contribution in [0.3, 0.4) is 0 Å². The molecule has 1 aromatic heterocycles. The molecule has 0 aliphatic carbocycles. The van der Waals surface area contributed by atoms with Gasteiger partial charge in [-0.15, -0.1) is 10.2 Å². The predicted octanol–water partition coefficient (Wildman–Crippen LogP) is 0.999. The van der Waals surface area contributed by atoms with Gasteiger partial charge in [0.15, 0.2) is 5.69 Å². The number of amides is 1. The van der Waals surface area contributed by atoms with Gasteiger partial charge >= 0.3 is 0 Å². The van der Waals surface area contributed by atoms with Gasteiger partial charge in [-0.25, -0.2) is 0 Å². The van der Waals surface area contributed by atoms with Crippen LogP contribution in [0, 0.1) is 0 Å². The van der Waals surface area contributed by atoms with Crippen LogP contribution in [0.2, 0.25) is 0 Å². The van der Waals surface area contributed by atoms with Crippen molar-refractivity contribution in [2.24, 2.45) is 0 Å². The van der Waals surface area contributed by atoms with Crippen LogP contribution < -0.4 is 5.32 Å². The lowest BCUT2D eigenvalue weighted by molar-refractivity contribution is 0.0821. The van der Waals surface area contributed by atoms with E-state index in [4.69, 9.17) is 0 Å². The average molecular weight is 208 g/mol. The molecule has 0 aliphatic rings. The Hall–Kier alpha value is -1.65. The smallest absolute Gasteiger partial charge is 0.273 e. The van der Waals surface area contributed by atoms with Crippen molar-refractivity contribution in [1.29, 1.82) is 0 Å². The lowest BCUT2D eigenvalue weighted by Crippen LogP contribution is -2.23. The third-order valence-electron chi connectivity index (χ3n) is 1.73. The molecule has 1 heterocycles. The van der Waals surface area contributed by atoms with Crippen LogP contribution in [0.5, 0.6) is 0 Å². The van der Waals surface area contributed by atoms with Crippen molar-refractivity contribution >= 4 is 11.7 Å². The fourth-order valence-corrected chi connectivity index (χ4v) is 1.05. The maximum absolute atomic E-state index is 11.5. The first-order chi connectivity index (χ1) is 7.00. The van der Waals surface area contributed by atoms with Crippen LogP contribution in [0.25, 0.3) is 0 Å². The van der Waals surface area contributed by atoms with Crippen molar-refractivity contribution in [3.05, 3.63) is 17.8 Å². The van der Waals surface area contributed by atoms with Crippen molar-refractivity contribution in [3.8, 4) is 0 Å². The summed E-state index contributed by atoms with van der Waals surface area (Å²) in [5.41, 5.74) is 0.356. The van der Waals surface area contributed by atoms with Gasteiger partial charge in [-0.3, -0.25) is 4.79 Å². The highest BCUT2D eigenvalue weighted by molar-refractivity contribution is 5.91. The number of anilines is 1. The minimum Gasteiger partial charge on any atom is -0.366 e. The van der Waals surface area contributed by atoms with Crippen LogP contribution in [-0.4, -0.2) is 41.1 Å². The molecule has 15 heavy (non-hydrogen) atoms. The maximum atomic E-state index is 11.5. The molecule has 0 atom stereocenters. The zero-order valence-electron chi connectivity index (χ0n) is 9.48. The summed E-state index contributed by atoms with van der Waals surface area (Å²) in [5, 5.41) is 10.9. The topological polar surface area (TPSA) is 58.1 Å². The summed E-state index contributed by atoms with van der Waals surface area (Å²) in [5.74, 6) is 0.541. The van der Waals surface area contributed by atoms with E-state index in [0.717, 1.165) is 0 Å². The molecule has 0 aliphatic heterocycles. The summed E-state index contributed by atoms with van der Waals surface area (Å²) in [6.45, 7) is 4.03. The zero-order valence-corrected chi connectivity index (χ0v) is 9.48. The molecule has 0 aromatic carbocycles. The normalized spacial score (nSPS) is 10.2. The number of rotatable bonds is 3. The number of nitrogens with one attached hydrogen (secondary N) is 1. The number of hydrogen-bond acceptors (Lipinski definition) is 4. The number of nitrogens with zero attached hydrogens (tertiary/aromatic N) is 3. The Morgan fingerprint density at radius 1 is 1.33 bits per heavy atom. The summed E-state index contributed by atoms with van der Waals surface area (Å²) >= 11 is 0. The van der Waals surface area contributed by atoms with Gasteiger partial charge in [0, 0.05) is 20.1 Å². The molecular formula is C10H16N4O. The highest BCUT2D eigenvalue weighted by atomic mass is 16.2. The molecule has 0 bridgehead atoms. The van der Waals surface area contributed by atoms with E-state index in [1.54, 1.807) is 26.2 Å². The highest BCUT2D eigenvalue weighted by Gasteiger charge is 2.09. The lowest BCUT2D eigenvalue weighted by atomic mass is 10.3. The van der Waals surface area contributed by atoms with Gasteiger partial charge in [0.05, 0.1) is 0 Å². The van der Waals surface area contributed by atoms with E-state index in [1.165, 1.54) is 4.90 Å². The van der Waals surface area contributed by atoms with Crippen molar-refractivity contribution in [1.82, 2.24) is 15.1 Å². The van der Waals surface area contributed by atoms with Gasteiger partial charge < -0.3 is 10.2 Å². The van der Waals surface area contributed by atoms with Gasteiger partial charge in [0.2, 0.25) is 0 Å². The zero-order chi connectivity index (χ0) is 11.4. The monoisotopic (exact) mass is 208 g/mol. The quantitative estimate of drug-likeness (QED) is 0.805. The number of carbonyl (C=O) groups is 1. The molecule has 0 radical (unpaired) electrons. The van der Waals surface area contributed by atoms with Gasteiger partial charge in [0.1, 0.15) is 5.82 Å². The third-order valence-corrected chi connectivity index (χ3v) is 1.73. The second-order valence-electron chi connectivity index (χ2n) is 3.80.